The van der Waals surface area contributed by atoms with Gasteiger partial charge in [-0.2, -0.15) is 0 Å². The first-order valence-electron chi connectivity index (χ1n) is 6.67. The summed E-state index contributed by atoms with van der Waals surface area (Å²) < 4.78 is 1.20. The van der Waals surface area contributed by atoms with E-state index in [1.54, 1.807) is 0 Å². The quantitative estimate of drug-likeness (QED) is 0.822. The smallest absolute Gasteiger partial charge is 0.0514 e. The third-order valence-electron chi connectivity index (χ3n) is 3.72. The molecule has 1 fully saturated rings. The van der Waals surface area contributed by atoms with Crippen LogP contribution in [0, 0.1) is 19.8 Å². The topological polar surface area (TPSA) is 12.0 Å². The lowest BCUT2D eigenvalue weighted by atomic mass is 9.89. The van der Waals surface area contributed by atoms with Gasteiger partial charge >= 0.3 is 0 Å². The standard InChI is InChI=1S/C15H22BrN/c1-11-8-12(2)15(14(16)9-11)17-10-13-6-4-3-5-7-13/h8-9,13,17H,3-7,10H2,1-2H3. The lowest BCUT2D eigenvalue weighted by Gasteiger charge is -2.23. The zero-order chi connectivity index (χ0) is 12.3. The van der Waals surface area contributed by atoms with Crippen LogP contribution in [0.5, 0.6) is 0 Å². The van der Waals surface area contributed by atoms with Crippen LogP contribution in [-0.4, -0.2) is 6.54 Å². The van der Waals surface area contributed by atoms with Crippen LogP contribution in [0.4, 0.5) is 5.69 Å². The Morgan fingerprint density at radius 1 is 1.18 bits per heavy atom. The first kappa shape index (κ1) is 12.9. The molecular formula is C15H22BrN. The van der Waals surface area contributed by atoms with Gasteiger partial charge in [0.2, 0.25) is 0 Å². The lowest BCUT2D eigenvalue weighted by molar-refractivity contribution is 0.373. The Bertz CT molecular complexity index is 358. The molecule has 1 aliphatic rings. The molecule has 1 aliphatic carbocycles. The number of halogens is 1. The summed E-state index contributed by atoms with van der Waals surface area (Å²) in [5, 5.41) is 3.63. The number of aryl methyl sites for hydroxylation is 2. The molecule has 0 radical (unpaired) electrons. The average Bonchev–Trinajstić information content (AvgIpc) is 2.29. The molecular weight excluding hydrogens is 274 g/mol. The van der Waals surface area contributed by atoms with Gasteiger partial charge in [0.1, 0.15) is 0 Å². The van der Waals surface area contributed by atoms with E-state index in [1.165, 1.54) is 53.4 Å². The van der Waals surface area contributed by atoms with Crippen LogP contribution in [0.15, 0.2) is 16.6 Å². The molecule has 2 heteroatoms. The van der Waals surface area contributed by atoms with E-state index in [4.69, 9.17) is 0 Å². The van der Waals surface area contributed by atoms with Crippen molar-refractivity contribution in [3.63, 3.8) is 0 Å². The molecule has 0 unspecified atom stereocenters. The van der Waals surface area contributed by atoms with Gasteiger partial charge in [0.25, 0.3) is 0 Å². The normalized spacial score (nSPS) is 17.1. The Hall–Kier alpha value is -0.500. The number of benzene rings is 1. The predicted octanol–water partition coefficient (Wildman–Crippen LogP) is 5.06. The fraction of sp³-hybridized carbons (Fsp3) is 0.600. The molecule has 1 saturated carbocycles. The highest BCUT2D eigenvalue weighted by Crippen LogP contribution is 2.29. The van der Waals surface area contributed by atoms with Crippen molar-refractivity contribution in [2.45, 2.75) is 46.0 Å². The van der Waals surface area contributed by atoms with Gasteiger partial charge in [0.05, 0.1) is 5.69 Å². The summed E-state index contributed by atoms with van der Waals surface area (Å²) in [7, 11) is 0. The summed E-state index contributed by atoms with van der Waals surface area (Å²) >= 11 is 3.66. The van der Waals surface area contributed by atoms with Crippen LogP contribution < -0.4 is 5.32 Å². The second-order valence-electron chi connectivity index (χ2n) is 5.32. The molecule has 0 amide bonds. The maximum atomic E-state index is 3.66. The van der Waals surface area contributed by atoms with Gasteiger partial charge in [-0.05, 0) is 65.7 Å². The van der Waals surface area contributed by atoms with Gasteiger partial charge < -0.3 is 5.32 Å². The Balaban J connectivity index is 1.98. The SMILES string of the molecule is Cc1cc(C)c(NCC2CCCCC2)c(Br)c1. The van der Waals surface area contributed by atoms with E-state index < -0.39 is 0 Å². The van der Waals surface area contributed by atoms with Crippen molar-refractivity contribution in [1.29, 1.82) is 0 Å². The second-order valence-corrected chi connectivity index (χ2v) is 6.18. The van der Waals surface area contributed by atoms with Crippen molar-refractivity contribution < 1.29 is 0 Å². The van der Waals surface area contributed by atoms with Crippen LogP contribution in [-0.2, 0) is 0 Å². The molecule has 0 heterocycles. The highest BCUT2D eigenvalue weighted by molar-refractivity contribution is 9.10. The maximum Gasteiger partial charge on any atom is 0.0514 e. The van der Waals surface area contributed by atoms with Crippen LogP contribution in [0.1, 0.15) is 43.2 Å². The van der Waals surface area contributed by atoms with Crippen molar-refractivity contribution >= 4 is 21.6 Å². The molecule has 1 N–H and O–H groups in total. The Labute approximate surface area is 113 Å². The van der Waals surface area contributed by atoms with Crippen molar-refractivity contribution in [3.05, 3.63) is 27.7 Å². The largest absolute Gasteiger partial charge is 0.384 e. The summed E-state index contributed by atoms with van der Waals surface area (Å²) in [6, 6.07) is 4.43. The average molecular weight is 296 g/mol. The maximum absolute atomic E-state index is 3.66. The second kappa shape index (κ2) is 5.90. The van der Waals surface area contributed by atoms with Crippen LogP contribution >= 0.6 is 15.9 Å². The minimum Gasteiger partial charge on any atom is -0.384 e. The number of hydrogen-bond acceptors (Lipinski definition) is 1. The molecule has 0 bridgehead atoms. The third kappa shape index (κ3) is 3.48. The number of rotatable bonds is 3. The highest BCUT2D eigenvalue weighted by atomic mass is 79.9. The summed E-state index contributed by atoms with van der Waals surface area (Å²) in [6.45, 7) is 5.45. The number of hydrogen-bond donors (Lipinski definition) is 1. The monoisotopic (exact) mass is 295 g/mol. The molecule has 1 aromatic rings. The summed E-state index contributed by atoms with van der Waals surface area (Å²) in [6.07, 6.45) is 7.07. The Morgan fingerprint density at radius 3 is 2.53 bits per heavy atom. The number of nitrogens with one attached hydrogen (secondary N) is 1. The van der Waals surface area contributed by atoms with E-state index in [0.29, 0.717) is 0 Å². The van der Waals surface area contributed by atoms with Gasteiger partial charge in [-0.3, -0.25) is 0 Å². The van der Waals surface area contributed by atoms with E-state index in [9.17, 15) is 0 Å². The summed E-state index contributed by atoms with van der Waals surface area (Å²) in [4.78, 5) is 0. The molecule has 0 aromatic heterocycles. The molecule has 17 heavy (non-hydrogen) atoms. The molecule has 0 saturated heterocycles. The molecule has 0 spiro atoms. The highest BCUT2D eigenvalue weighted by Gasteiger charge is 2.14. The van der Waals surface area contributed by atoms with Crippen molar-refractivity contribution in [2.24, 2.45) is 5.92 Å². The minimum absolute atomic E-state index is 0.872. The fourth-order valence-corrected chi connectivity index (χ4v) is 3.59. The third-order valence-corrected chi connectivity index (χ3v) is 4.35. The van der Waals surface area contributed by atoms with E-state index in [1.807, 2.05) is 0 Å². The molecule has 0 atom stereocenters. The van der Waals surface area contributed by atoms with Gasteiger partial charge in [-0.25, -0.2) is 0 Å². The van der Waals surface area contributed by atoms with E-state index in [-0.39, 0.29) is 0 Å². The van der Waals surface area contributed by atoms with E-state index in [0.717, 1.165) is 12.5 Å². The Morgan fingerprint density at radius 2 is 1.88 bits per heavy atom. The first-order chi connectivity index (χ1) is 8.16. The molecule has 2 rings (SSSR count). The molecule has 0 aliphatic heterocycles. The van der Waals surface area contributed by atoms with Gasteiger partial charge in [0.15, 0.2) is 0 Å². The zero-order valence-corrected chi connectivity index (χ0v) is 12.4. The molecule has 94 valence electrons. The van der Waals surface area contributed by atoms with Gasteiger partial charge in [-0.1, -0.05) is 25.3 Å². The molecule has 1 nitrogen and oxygen atoms in total. The van der Waals surface area contributed by atoms with Crippen molar-refractivity contribution in [1.82, 2.24) is 0 Å². The minimum atomic E-state index is 0.872. The van der Waals surface area contributed by atoms with Crippen LogP contribution in [0.2, 0.25) is 0 Å². The van der Waals surface area contributed by atoms with Crippen LogP contribution in [0.25, 0.3) is 0 Å². The predicted molar refractivity (Wildman–Crippen MR) is 78.7 cm³/mol. The summed E-state index contributed by atoms with van der Waals surface area (Å²) in [5.74, 6) is 0.872. The summed E-state index contributed by atoms with van der Waals surface area (Å²) in [5.41, 5.74) is 3.94. The van der Waals surface area contributed by atoms with Crippen LogP contribution in [0.3, 0.4) is 0 Å². The van der Waals surface area contributed by atoms with Crippen molar-refractivity contribution in [3.8, 4) is 0 Å². The lowest BCUT2D eigenvalue weighted by Crippen LogP contribution is -2.17. The van der Waals surface area contributed by atoms with E-state index in [2.05, 4.69) is 47.2 Å². The first-order valence-corrected chi connectivity index (χ1v) is 7.46. The van der Waals surface area contributed by atoms with Crippen molar-refractivity contribution in [2.75, 3.05) is 11.9 Å². The fourth-order valence-electron chi connectivity index (χ4n) is 2.78. The molecule has 1 aromatic carbocycles. The Kier molecular flexibility index (Phi) is 4.49. The van der Waals surface area contributed by atoms with Gasteiger partial charge in [0, 0.05) is 11.0 Å². The van der Waals surface area contributed by atoms with E-state index >= 15 is 0 Å². The number of anilines is 1. The van der Waals surface area contributed by atoms with Gasteiger partial charge in [-0.15, -0.1) is 0 Å². The zero-order valence-electron chi connectivity index (χ0n) is 10.9.